The van der Waals surface area contributed by atoms with Crippen LogP contribution in [0.1, 0.15) is 21.5 Å². The van der Waals surface area contributed by atoms with Gasteiger partial charge in [-0.05, 0) is 36.1 Å². The van der Waals surface area contributed by atoms with Crippen LogP contribution in [0.15, 0.2) is 53.6 Å². The van der Waals surface area contributed by atoms with E-state index in [1.807, 2.05) is 62.4 Å². The minimum absolute atomic E-state index is 0.406. The van der Waals surface area contributed by atoms with Gasteiger partial charge in [0.15, 0.2) is 0 Å². The number of hydrogen-bond acceptors (Lipinski definition) is 2. The summed E-state index contributed by atoms with van der Waals surface area (Å²) in [5, 5.41) is 3.96. The summed E-state index contributed by atoms with van der Waals surface area (Å²) in [6, 6.07) is 15.3. The van der Waals surface area contributed by atoms with Gasteiger partial charge in [-0.2, -0.15) is 0 Å². The standard InChI is InChI=1S/C18H14N4O/c1-11-7-9-13(10-8-11)17-12(2)16(18(23)21-22-19)14-5-3-4-6-15(14)20-17/h3-10H,1-2H3. The molecule has 2 aromatic carbocycles. The summed E-state index contributed by atoms with van der Waals surface area (Å²) in [7, 11) is 0. The molecule has 0 radical (unpaired) electrons. The minimum atomic E-state index is -0.586. The number of hydrogen-bond donors (Lipinski definition) is 0. The lowest BCUT2D eigenvalue weighted by molar-refractivity contribution is 0.100. The fourth-order valence-corrected chi connectivity index (χ4v) is 2.67. The van der Waals surface area contributed by atoms with E-state index in [0.717, 1.165) is 16.8 Å². The van der Waals surface area contributed by atoms with Gasteiger partial charge < -0.3 is 0 Å². The maximum atomic E-state index is 12.3. The largest absolute Gasteiger partial charge is 0.287 e. The summed E-state index contributed by atoms with van der Waals surface area (Å²) in [5.41, 5.74) is 13.2. The van der Waals surface area contributed by atoms with Crippen LogP contribution in [0.25, 0.3) is 32.6 Å². The number of carbonyl (C=O) groups excluding carboxylic acids is 1. The number of aryl methyl sites for hydroxylation is 1. The molecule has 0 unspecified atom stereocenters. The summed E-state index contributed by atoms with van der Waals surface area (Å²) in [5.74, 6) is -0.586. The van der Waals surface area contributed by atoms with Crippen molar-refractivity contribution >= 4 is 16.8 Å². The number of rotatable bonds is 2. The van der Waals surface area contributed by atoms with Gasteiger partial charge in [-0.15, -0.1) is 0 Å². The first kappa shape index (κ1) is 14.8. The molecule has 0 saturated heterocycles. The number of benzene rings is 2. The van der Waals surface area contributed by atoms with E-state index >= 15 is 0 Å². The zero-order valence-electron chi connectivity index (χ0n) is 12.8. The van der Waals surface area contributed by atoms with E-state index in [1.54, 1.807) is 0 Å². The van der Waals surface area contributed by atoms with Crippen molar-refractivity contribution < 1.29 is 4.79 Å². The number of pyridine rings is 1. The van der Waals surface area contributed by atoms with E-state index in [0.29, 0.717) is 22.0 Å². The van der Waals surface area contributed by atoms with Crippen LogP contribution in [0.4, 0.5) is 0 Å². The Kier molecular flexibility index (Phi) is 3.79. The van der Waals surface area contributed by atoms with Crippen molar-refractivity contribution in [2.75, 3.05) is 0 Å². The molecule has 0 bridgehead atoms. The average Bonchev–Trinajstić information content (AvgIpc) is 2.55. The van der Waals surface area contributed by atoms with Gasteiger partial charge in [0.1, 0.15) is 0 Å². The lowest BCUT2D eigenvalue weighted by Gasteiger charge is -2.12. The van der Waals surface area contributed by atoms with Gasteiger partial charge in [0.2, 0.25) is 5.91 Å². The number of amides is 1. The molecule has 0 fully saturated rings. The number of aromatic nitrogens is 1. The van der Waals surface area contributed by atoms with Gasteiger partial charge in [0, 0.05) is 21.4 Å². The number of carbonyl (C=O) groups is 1. The van der Waals surface area contributed by atoms with Crippen molar-refractivity contribution in [3.63, 3.8) is 0 Å². The van der Waals surface area contributed by atoms with Gasteiger partial charge in [0.05, 0.1) is 11.2 Å². The Labute approximate surface area is 133 Å². The van der Waals surface area contributed by atoms with Crippen LogP contribution in [-0.4, -0.2) is 10.9 Å². The van der Waals surface area contributed by atoms with Crippen LogP contribution < -0.4 is 0 Å². The predicted molar refractivity (Wildman–Crippen MR) is 90.1 cm³/mol. The molecule has 3 rings (SSSR count). The first-order valence-corrected chi connectivity index (χ1v) is 7.17. The normalized spacial score (nSPS) is 10.3. The van der Waals surface area contributed by atoms with E-state index in [2.05, 4.69) is 10.0 Å². The van der Waals surface area contributed by atoms with Gasteiger partial charge in [-0.3, -0.25) is 4.79 Å². The fraction of sp³-hybridized carbons (Fsp3) is 0.111. The van der Waals surface area contributed by atoms with E-state index in [-0.39, 0.29) is 0 Å². The van der Waals surface area contributed by atoms with E-state index in [4.69, 9.17) is 10.5 Å². The second kappa shape index (κ2) is 5.91. The van der Waals surface area contributed by atoms with Crippen LogP contribution in [0.2, 0.25) is 0 Å². The molecule has 3 aromatic rings. The molecule has 5 nitrogen and oxygen atoms in total. The fourth-order valence-electron chi connectivity index (χ4n) is 2.67. The van der Waals surface area contributed by atoms with Crippen LogP contribution >= 0.6 is 0 Å². The molecule has 0 saturated carbocycles. The Morgan fingerprint density at radius 2 is 1.78 bits per heavy atom. The van der Waals surface area contributed by atoms with Gasteiger partial charge in [0.25, 0.3) is 0 Å². The third kappa shape index (κ3) is 2.65. The lowest BCUT2D eigenvalue weighted by Crippen LogP contribution is -2.03. The highest BCUT2D eigenvalue weighted by atomic mass is 16.1. The molecule has 5 heteroatoms. The van der Waals surface area contributed by atoms with Crippen molar-refractivity contribution in [3.05, 3.63) is 75.7 Å². The summed E-state index contributed by atoms with van der Waals surface area (Å²) in [6.45, 7) is 3.84. The van der Waals surface area contributed by atoms with Crippen molar-refractivity contribution in [2.24, 2.45) is 5.11 Å². The maximum Gasteiger partial charge on any atom is 0.250 e. The van der Waals surface area contributed by atoms with E-state index in [9.17, 15) is 4.79 Å². The Morgan fingerprint density at radius 1 is 1.09 bits per heavy atom. The average molecular weight is 302 g/mol. The molecule has 23 heavy (non-hydrogen) atoms. The predicted octanol–water partition coefficient (Wildman–Crippen LogP) is 4.97. The molecule has 0 aliphatic heterocycles. The first-order valence-electron chi connectivity index (χ1n) is 7.17. The lowest BCUT2D eigenvalue weighted by atomic mass is 9.97. The Morgan fingerprint density at radius 3 is 2.48 bits per heavy atom. The van der Waals surface area contributed by atoms with Gasteiger partial charge in [-0.1, -0.05) is 48.0 Å². The molecular weight excluding hydrogens is 288 g/mol. The third-order valence-corrected chi connectivity index (χ3v) is 3.81. The molecule has 0 aliphatic rings. The van der Waals surface area contributed by atoms with E-state index in [1.165, 1.54) is 0 Å². The SMILES string of the molecule is Cc1ccc(-c2nc3ccccc3c(C(=O)N=[N+]=[N-])c2C)cc1. The van der Waals surface area contributed by atoms with Crippen LogP contribution in [-0.2, 0) is 0 Å². The van der Waals surface area contributed by atoms with Crippen molar-refractivity contribution in [3.8, 4) is 11.3 Å². The molecular formula is C18H14N4O. The number of fused-ring (bicyclic) bond motifs is 1. The van der Waals surface area contributed by atoms with Gasteiger partial charge in [-0.25, -0.2) is 4.98 Å². The van der Waals surface area contributed by atoms with Gasteiger partial charge >= 0.3 is 0 Å². The summed E-state index contributed by atoms with van der Waals surface area (Å²) in [4.78, 5) is 19.6. The second-order valence-corrected chi connectivity index (χ2v) is 5.34. The van der Waals surface area contributed by atoms with Crippen molar-refractivity contribution in [1.29, 1.82) is 0 Å². The molecule has 112 valence electrons. The minimum Gasteiger partial charge on any atom is -0.287 e. The monoisotopic (exact) mass is 302 g/mol. The molecule has 0 N–H and O–H groups in total. The summed E-state index contributed by atoms with van der Waals surface area (Å²) in [6.07, 6.45) is 0. The molecule has 0 aliphatic carbocycles. The highest BCUT2D eigenvalue weighted by Gasteiger charge is 2.17. The highest BCUT2D eigenvalue weighted by molar-refractivity contribution is 6.09. The third-order valence-electron chi connectivity index (χ3n) is 3.81. The first-order chi connectivity index (χ1) is 11.1. The molecule has 0 spiro atoms. The number of para-hydroxylation sites is 1. The van der Waals surface area contributed by atoms with Crippen LogP contribution in [0.3, 0.4) is 0 Å². The van der Waals surface area contributed by atoms with Crippen LogP contribution in [0, 0.1) is 13.8 Å². The zero-order valence-corrected chi connectivity index (χ0v) is 12.8. The highest BCUT2D eigenvalue weighted by Crippen LogP contribution is 2.30. The molecule has 1 heterocycles. The van der Waals surface area contributed by atoms with E-state index < -0.39 is 5.91 Å². The molecule has 1 amide bonds. The topological polar surface area (TPSA) is 78.7 Å². The molecule has 1 aromatic heterocycles. The summed E-state index contributed by atoms with van der Waals surface area (Å²) < 4.78 is 0. The number of azide groups is 1. The smallest absolute Gasteiger partial charge is 0.250 e. The quantitative estimate of drug-likeness (QED) is 0.380. The Bertz CT molecular complexity index is 955. The second-order valence-electron chi connectivity index (χ2n) is 5.34. The maximum absolute atomic E-state index is 12.3. The van der Waals surface area contributed by atoms with Crippen molar-refractivity contribution in [2.45, 2.75) is 13.8 Å². The Hall–Kier alpha value is -3.17. The Balaban J connectivity index is 2.36. The van der Waals surface area contributed by atoms with Crippen molar-refractivity contribution in [1.82, 2.24) is 4.98 Å². The summed E-state index contributed by atoms with van der Waals surface area (Å²) >= 11 is 0. The van der Waals surface area contributed by atoms with Crippen LogP contribution in [0.5, 0.6) is 0 Å². The molecule has 0 atom stereocenters. The zero-order chi connectivity index (χ0) is 16.4. The number of nitrogens with zero attached hydrogens (tertiary/aromatic N) is 4.